The number of likely N-dealkylation sites (N-methyl/N-ethyl adjacent to an activating group) is 1. The molecule has 1 saturated carbocycles. The number of hydrogen-bond acceptors (Lipinski definition) is 5. The maximum absolute atomic E-state index is 13.9. The van der Waals surface area contributed by atoms with Gasteiger partial charge < -0.3 is 16.0 Å². The fraction of sp³-hybridized carbons (Fsp3) is 0.500. The summed E-state index contributed by atoms with van der Waals surface area (Å²) in [6.07, 6.45) is -1.58. The lowest BCUT2D eigenvalue weighted by Gasteiger charge is -2.30. The first kappa shape index (κ1) is 26.9. The van der Waals surface area contributed by atoms with Crippen molar-refractivity contribution in [2.75, 3.05) is 20.6 Å². The first-order valence-electron chi connectivity index (χ1n) is 11.2. The fourth-order valence-electron chi connectivity index (χ4n) is 4.23. The molecule has 0 saturated heterocycles. The molecule has 0 unspecified atom stereocenters. The Morgan fingerprint density at radius 1 is 1.23 bits per heavy atom. The Hall–Kier alpha value is -2.72. The minimum atomic E-state index is -4.43. The molecule has 2 amide bonds. The van der Waals surface area contributed by atoms with Crippen molar-refractivity contribution in [3.05, 3.63) is 58.1 Å². The van der Waals surface area contributed by atoms with Crippen LogP contribution in [0.3, 0.4) is 0 Å². The van der Waals surface area contributed by atoms with E-state index < -0.39 is 29.3 Å². The Morgan fingerprint density at radius 3 is 2.34 bits per heavy atom. The molecule has 0 radical (unpaired) electrons. The number of nitrogens with zero attached hydrogens (tertiary/aromatic N) is 3. The van der Waals surface area contributed by atoms with Gasteiger partial charge in [-0.3, -0.25) is 9.59 Å². The number of nitrogens with one attached hydrogen (secondary N) is 1. The highest BCUT2D eigenvalue weighted by molar-refractivity contribution is 6.31. The van der Waals surface area contributed by atoms with E-state index in [9.17, 15) is 22.8 Å². The van der Waals surface area contributed by atoms with E-state index in [1.165, 1.54) is 18.5 Å². The van der Waals surface area contributed by atoms with Crippen molar-refractivity contribution in [3.63, 3.8) is 0 Å². The van der Waals surface area contributed by atoms with Gasteiger partial charge in [0.1, 0.15) is 5.82 Å². The lowest BCUT2D eigenvalue weighted by Crippen LogP contribution is -2.42. The number of hydrogen-bond donors (Lipinski definition) is 2. The van der Waals surface area contributed by atoms with E-state index in [1.54, 1.807) is 19.1 Å². The van der Waals surface area contributed by atoms with Crippen molar-refractivity contribution in [1.29, 1.82) is 0 Å². The van der Waals surface area contributed by atoms with E-state index in [-0.39, 0.29) is 31.8 Å². The van der Waals surface area contributed by atoms with Gasteiger partial charge in [-0.15, -0.1) is 0 Å². The quantitative estimate of drug-likeness (QED) is 0.507. The highest BCUT2D eigenvalue weighted by atomic mass is 35.5. The normalized spacial score (nSPS) is 16.6. The first-order chi connectivity index (χ1) is 16.3. The SMILES string of the molecule is Cc1ncc([C@@H](CC(=O)NC[C@H](Cc2ccc(C(N)=O)cc2Cl)N(C)C)C2(C(F)(F)F)CC2)cn1. The molecule has 0 bridgehead atoms. The van der Waals surface area contributed by atoms with E-state index in [0.717, 1.165) is 5.56 Å². The summed E-state index contributed by atoms with van der Waals surface area (Å²) in [7, 11) is 3.66. The molecule has 190 valence electrons. The third kappa shape index (κ3) is 6.29. The molecule has 1 aromatic heterocycles. The molecule has 1 aliphatic rings. The minimum Gasteiger partial charge on any atom is -0.366 e. The Bertz CT molecular complexity index is 1070. The monoisotopic (exact) mass is 511 g/mol. The third-order valence-corrected chi connectivity index (χ3v) is 7.02. The predicted octanol–water partition coefficient (Wildman–Crippen LogP) is 3.64. The molecule has 11 heteroatoms. The van der Waals surface area contributed by atoms with Crippen LogP contribution in [-0.4, -0.2) is 59.5 Å². The van der Waals surface area contributed by atoms with E-state index in [0.29, 0.717) is 28.4 Å². The van der Waals surface area contributed by atoms with Gasteiger partial charge in [-0.2, -0.15) is 13.2 Å². The third-order valence-electron chi connectivity index (χ3n) is 6.67. The number of benzene rings is 1. The summed E-state index contributed by atoms with van der Waals surface area (Å²) in [4.78, 5) is 34.2. The average Bonchev–Trinajstić information content (AvgIpc) is 3.58. The van der Waals surface area contributed by atoms with Crippen LogP contribution in [0.15, 0.2) is 30.6 Å². The molecule has 0 spiro atoms. The number of halogens is 4. The van der Waals surface area contributed by atoms with E-state index >= 15 is 0 Å². The number of carbonyl (C=O) groups is 2. The number of alkyl halides is 3. The van der Waals surface area contributed by atoms with Crippen molar-refractivity contribution in [1.82, 2.24) is 20.2 Å². The van der Waals surface area contributed by atoms with Crippen LogP contribution >= 0.6 is 11.6 Å². The van der Waals surface area contributed by atoms with Crippen molar-refractivity contribution < 1.29 is 22.8 Å². The summed E-state index contributed by atoms with van der Waals surface area (Å²) in [6, 6.07) is 4.59. The predicted molar refractivity (Wildman–Crippen MR) is 126 cm³/mol. The maximum Gasteiger partial charge on any atom is 0.395 e. The fourth-order valence-corrected chi connectivity index (χ4v) is 4.48. The molecule has 1 heterocycles. The number of rotatable bonds is 10. The number of carbonyl (C=O) groups excluding carboxylic acids is 2. The van der Waals surface area contributed by atoms with Gasteiger partial charge in [0, 0.05) is 47.9 Å². The Balaban J connectivity index is 1.71. The smallest absolute Gasteiger partial charge is 0.366 e. The summed E-state index contributed by atoms with van der Waals surface area (Å²) in [5.74, 6) is -1.68. The van der Waals surface area contributed by atoms with Crippen molar-refractivity contribution in [3.8, 4) is 0 Å². The molecule has 1 aromatic carbocycles. The summed E-state index contributed by atoms with van der Waals surface area (Å²) in [6.45, 7) is 1.85. The van der Waals surface area contributed by atoms with Crippen molar-refractivity contribution in [2.24, 2.45) is 11.1 Å². The number of aryl methyl sites for hydroxylation is 1. The van der Waals surface area contributed by atoms with E-state index in [4.69, 9.17) is 17.3 Å². The summed E-state index contributed by atoms with van der Waals surface area (Å²) in [5, 5.41) is 3.17. The second-order valence-corrected chi connectivity index (χ2v) is 9.68. The van der Waals surface area contributed by atoms with Gasteiger partial charge in [0.15, 0.2) is 0 Å². The van der Waals surface area contributed by atoms with Gasteiger partial charge in [0.05, 0.1) is 5.41 Å². The van der Waals surface area contributed by atoms with Crippen LogP contribution < -0.4 is 11.1 Å². The topological polar surface area (TPSA) is 101 Å². The molecule has 35 heavy (non-hydrogen) atoms. The van der Waals surface area contributed by atoms with Gasteiger partial charge in [-0.25, -0.2) is 9.97 Å². The Labute approximate surface area is 207 Å². The van der Waals surface area contributed by atoms with Gasteiger partial charge >= 0.3 is 6.18 Å². The zero-order chi connectivity index (χ0) is 26.0. The van der Waals surface area contributed by atoms with Gasteiger partial charge in [0.25, 0.3) is 0 Å². The Kier molecular flexibility index (Phi) is 8.06. The van der Waals surface area contributed by atoms with Crippen LogP contribution in [0, 0.1) is 12.3 Å². The molecule has 1 aliphatic carbocycles. The molecule has 2 aromatic rings. The number of nitrogens with two attached hydrogens (primary N) is 1. The number of primary amides is 1. The molecule has 3 rings (SSSR count). The van der Waals surface area contributed by atoms with Crippen LogP contribution in [-0.2, 0) is 11.2 Å². The van der Waals surface area contributed by atoms with Gasteiger partial charge in [0.2, 0.25) is 11.8 Å². The second kappa shape index (κ2) is 10.5. The highest BCUT2D eigenvalue weighted by Gasteiger charge is 2.67. The lowest BCUT2D eigenvalue weighted by atomic mass is 9.81. The zero-order valence-electron chi connectivity index (χ0n) is 19.8. The highest BCUT2D eigenvalue weighted by Crippen LogP contribution is 2.66. The van der Waals surface area contributed by atoms with Crippen LogP contribution in [0.1, 0.15) is 52.5 Å². The largest absolute Gasteiger partial charge is 0.395 e. The summed E-state index contributed by atoms with van der Waals surface area (Å²) >= 11 is 6.30. The molecular formula is C24H29ClF3N5O2. The van der Waals surface area contributed by atoms with E-state index in [1.807, 2.05) is 19.0 Å². The summed E-state index contributed by atoms with van der Waals surface area (Å²) in [5.41, 5.74) is 4.71. The van der Waals surface area contributed by atoms with Crippen molar-refractivity contribution >= 4 is 23.4 Å². The van der Waals surface area contributed by atoms with Crippen LogP contribution in [0.4, 0.5) is 13.2 Å². The summed E-state index contributed by atoms with van der Waals surface area (Å²) < 4.78 is 41.8. The minimum absolute atomic E-state index is 0.0254. The lowest BCUT2D eigenvalue weighted by molar-refractivity contribution is -0.194. The first-order valence-corrected chi connectivity index (χ1v) is 11.6. The molecule has 2 atom stereocenters. The molecule has 3 N–H and O–H groups in total. The van der Waals surface area contributed by atoms with Crippen LogP contribution in [0.5, 0.6) is 0 Å². The molecular weight excluding hydrogens is 483 g/mol. The van der Waals surface area contributed by atoms with Gasteiger partial charge in [-0.05, 0) is 63.5 Å². The van der Waals surface area contributed by atoms with Crippen LogP contribution in [0.2, 0.25) is 5.02 Å². The maximum atomic E-state index is 13.9. The molecule has 7 nitrogen and oxygen atoms in total. The van der Waals surface area contributed by atoms with Crippen molar-refractivity contribution in [2.45, 2.75) is 50.7 Å². The molecule has 1 fully saturated rings. The van der Waals surface area contributed by atoms with Gasteiger partial charge in [-0.1, -0.05) is 17.7 Å². The number of amides is 2. The average molecular weight is 512 g/mol. The second-order valence-electron chi connectivity index (χ2n) is 9.27. The standard InChI is InChI=1S/C24H29ClF3N5O2/c1-14-30-11-17(12-31-14)19(23(6-7-23)24(26,27)28)10-21(34)32-13-18(33(2)3)8-15-4-5-16(22(29)35)9-20(15)25/h4-5,9,11-12,18-19H,6-8,10,13H2,1-3H3,(H2,29,35)(H,32,34)/t18-,19+/m0/s1. The Morgan fingerprint density at radius 2 is 1.86 bits per heavy atom. The van der Waals surface area contributed by atoms with Crippen LogP contribution in [0.25, 0.3) is 0 Å². The van der Waals surface area contributed by atoms with E-state index in [2.05, 4.69) is 15.3 Å². The zero-order valence-corrected chi connectivity index (χ0v) is 20.6. The molecule has 0 aliphatic heterocycles. The number of aromatic nitrogens is 2.